The predicted octanol–water partition coefficient (Wildman–Crippen LogP) is 4.01. The molecule has 0 aliphatic rings. The van der Waals surface area contributed by atoms with Crippen LogP contribution in [0.2, 0.25) is 5.02 Å². The highest BCUT2D eigenvalue weighted by Gasteiger charge is 2.01. The lowest BCUT2D eigenvalue weighted by Gasteiger charge is -2.06. The van der Waals surface area contributed by atoms with Gasteiger partial charge in [-0.3, -0.25) is 4.98 Å². The molecular formula is C12H12ClN. The quantitative estimate of drug-likeness (QED) is 0.686. The molecule has 2 aromatic rings. The Bertz CT molecular complexity index is 463. The van der Waals surface area contributed by atoms with Gasteiger partial charge in [0.05, 0.1) is 10.5 Å². The topological polar surface area (TPSA) is 12.9 Å². The van der Waals surface area contributed by atoms with Gasteiger partial charge >= 0.3 is 0 Å². The van der Waals surface area contributed by atoms with Crippen molar-refractivity contribution in [1.82, 2.24) is 4.98 Å². The molecule has 0 amide bonds. The fourth-order valence-electron chi connectivity index (χ4n) is 1.48. The van der Waals surface area contributed by atoms with Gasteiger partial charge < -0.3 is 0 Å². The average Bonchev–Trinajstić information content (AvgIpc) is 2.16. The van der Waals surface area contributed by atoms with Crippen LogP contribution < -0.4 is 0 Å². The highest BCUT2D eigenvalue weighted by Crippen LogP contribution is 2.22. The van der Waals surface area contributed by atoms with E-state index in [4.69, 9.17) is 11.6 Å². The highest BCUT2D eigenvalue weighted by atomic mass is 35.5. The predicted molar refractivity (Wildman–Crippen MR) is 60.8 cm³/mol. The number of rotatable bonds is 1. The number of fused-ring (bicyclic) bond motifs is 1. The molecule has 1 aromatic heterocycles. The first-order valence-corrected chi connectivity index (χ1v) is 5.10. The third-order valence-corrected chi connectivity index (χ3v) is 2.55. The van der Waals surface area contributed by atoms with Crippen LogP contribution in [-0.4, -0.2) is 4.98 Å². The lowest BCUT2D eigenvalue weighted by molar-refractivity contribution is 0.868. The Morgan fingerprint density at radius 1 is 1.21 bits per heavy atom. The van der Waals surface area contributed by atoms with Gasteiger partial charge in [0.15, 0.2) is 0 Å². The molecule has 0 bridgehead atoms. The first-order valence-electron chi connectivity index (χ1n) is 4.72. The van der Waals surface area contributed by atoms with Crippen LogP contribution in [-0.2, 0) is 0 Å². The molecular weight excluding hydrogens is 194 g/mol. The van der Waals surface area contributed by atoms with Gasteiger partial charge in [-0.05, 0) is 29.7 Å². The van der Waals surface area contributed by atoms with Crippen molar-refractivity contribution in [2.45, 2.75) is 19.8 Å². The maximum absolute atomic E-state index is 5.89. The summed E-state index contributed by atoms with van der Waals surface area (Å²) in [6.07, 6.45) is 1.68. The summed E-state index contributed by atoms with van der Waals surface area (Å²) in [4.78, 5) is 4.25. The Kier molecular flexibility index (Phi) is 2.42. The van der Waals surface area contributed by atoms with Gasteiger partial charge in [-0.25, -0.2) is 0 Å². The van der Waals surface area contributed by atoms with Gasteiger partial charge in [-0.15, -0.1) is 0 Å². The molecule has 1 heterocycles. The normalized spacial score (nSPS) is 11.1. The number of hydrogen-bond donors (Lipinski definition) is 0. The SMILES string of the molecule is CC(C)c1ccc2ncc(Cl)cc2c1. The van der Waals surface area contributed by atoms with Crippen molar-refractivity contribution < 1.29 is 0 Å². The number of halogens is 1. The van der Waals surface area contributed by atoms with Crippen molar-refractivity contribution >= 4 is 22.5 Å². The largest absolute Gasteiger partial charge is 0.255 e. The van der Waals surface area contributed by atoms with E-state index in [1.54, 1.807) is 6.20 Å². The molecule has 0 N–H and O–H groups in total. The number of pyridine rings is 1. The lowest BCUT2D eigenvalue weighted by atomic mass is 10.0. The Hall–Kier alpha value is -1.08. The second-order valence-corrected chi connectivity index (χ2v) is 4.20. The van der Waals surface area contributed by atoms with Crippen molar-refractivity contribution in [2.75, 3.05) is 0 Å². The van der Waals surface area contributed by atoms with E-state index in [9.17, 15) is 0 Å². The molecule has 72 valence electrons. The maximum Gasteiger partial charge on any atom is 0.0703 e. The van der Waals surface area contributed by atoms with Crippen LogP contribution in [0.25, 0.3) is 10.9 Å². The molecule has 0 atom stereocenters. The van der Waals surface area contributed by atoms with E-state index in [0.717, 1.165) is 10.9 Å². The van der Waals surface area contributed by atoms with Crippen LogP contribution in [0.5, 0.6) is 0 Å². The molecule has 0 radical (unpaired) electrons. The zero-order valence-electron chi connectivity index (χ0n) is 8.29. The first-order chi connectivity index (χ1) is 6.66. The van der Waals surface area contributed by atoms with E-state index in [1.165, 1.54) is 5.56 Å². The second-order valence-electron chi connectivity index (χ2n) is 3.76. The zero-order valence-corrected chi connectivity index (χ0v) is 9.05. The summed E-state index contributed by atoms with van der Waals surface area (Å²) in [6.45, 7) is 4.36. The van der Waals surface area contributed by atoms with E-state index in [0.29, 0.717) is 10.9 Å². The summed E-state index contributed by atoms with van der Waals surface area (Å²) in [6, 6.07) is 8.27. The Morgan fingerprint density at radius 3 is 2.71 bits per heavy atom. The van der Waals surface area contributed by atoms with Gasteiger partial charge in [-0.1, -0.05) is 31.5 Å². The summed E-state index contributed by atoms with van der Waals surface area (Å²) in [7, 11) is 0. The van der Waals surface area contributed by atoms with Crippen molar-refractivity contribution in [1.29, 1.82) is 0 Å². The average molecular weight is 206 g/mol. The molecule has 0 spiro atoms. The van der Waals surface area contributed by atoms with Crippen molar-refractivity contribution in [2.24, 2.45) is 0 Å². The highest BCUT2D eigenvalue weighted by molar-refractivity contribution is 6.31. The van der Waals surface area contributed by atoms with Crippen LogP contribution in [0.1, 0.15) is 25.3 Å². The Balaban J connectivity index is 2.63. The van der Waals surface area contributed by atoms with E-state index in [-0.39, 0.29) is 0 Å². The number of nitrogens with zero attached hydrogens (tertiary/aromatic N) is 1. The molecule has 0 fully saturated rings. The van der Waals surface area contributed by atoms with E-state index < -0.39 is 0 Å². The fraction of sp³-hybridized carbons (Fsp3) is 0.250. The van der Waals surface area contributed by atoms with Gasteiger partial charge in [0, 0.05) is 11.6 Å². The summed E-state index contributed by atoms with van der Waals surface area (Å²) >= 11 is 5.89. The molecule has 2 heteroatoms. The standard InChI is InChI=1S/C12H12ClN/c1-8(2)9-3-4-12-10(5-9)6-11(13)7-14-12/h3-8H,1-2H3. The minimum Gasteiger partial charge on any atom is -0.255 e. The molecule has 14 heavy (non-hydrogen) atoms. The van der Waals surface area contributed by atoms with Crippen LogP contribution >= 0.6 is 11.6 Å². The van der Waals surface area contributed by atoms with Crippen LogP contribution in [0.3, 0.4) is 0 Å². The smallest absolute Gasteiger partial charge is 0.0703 e. The fourth-order valence-corrected chi connectivity index (χ4v) is 1.65. The third-order valence-electron chi connectivity index (χ3n) is 2.34. The molecule has 2 rings (SSSR count). The summed E-state index contributed by atoms with van der Waals surface area (Å²) in [5, 5.41) is 1.81. The Morgan fingerprint density at radius 2 is 2.00 bits per heavy atom. The van der Waals surface area contributed by atoms with Crippen LogP contribution in [0, 0.1) is 0 Å². The van der Waals surface area contributed by atoms with Gasteiger partial charge in [0.25, 0.3) is 0 Å². The summed E-state index contributed by atoms with van der Waals surface area (Å²) in [5.41, 5.74) is 2.32. The van der Waals surface area contributed by atoms with Crippen molar-refractivity contribution in [3.8, 4) is 0 Å². The number of benzene rings is 1. The molecule has 1 aromatic carbocycles. The second kappa shape index (κ2) is 3.58. The lowest BCUT2D eigenvalue weighted by Crippen LogP contribution is -1.87. The maximum atomic E-state index is 5.89. The van der Waals surface area contributed by atoms with Gasteiger partial charge in [0.1, 0.15) is 0 Å². The van der Waals surface area contributed by atoms with Crippen molar-refractivity contribution in [3.05, 3.63) is 41.0 Å². The molecule has 1 nitrogen and oxygen atoms in total. The molecule has 0 saturated heterocycles. The van der Waals surface area contributed by atoms with Crippen LogP contribution in [0.4, 0.5) is 0 Å². The number of aromatic nitrogens is 1. The third kappa shape index (κ3) is 1.73. The molecule has 0 aliphatic carbocycles. The zero-order chi connectivity index (χ0) is 10.1. The summed E-state index contributed by atoms with van der Waals surface area (Å²) in [5.74, 6) is 0.540. The summed E-state index contributed by atoms with van der Waals surface area (Å²) < 4.78 is 0. The van der Waals surface area contributed by atoms with Crippen LogP contribution in [0.15, 0.2) is 30.5 Å². The van der Waals surface area contributed by atoms with Crippen molar-refractivity contribution in [3.63, 3.8) is 0 Å². The first kappa shape index (κ1) is 9.47. The minimum absolute atomic E-state index is 0.540. The monoisotopic (exact) mass is 205 g/mol. The van der Waals surface area contributed by atoms with E-state index in [2.05, 4.69) is 31.0 Å². The van der Waals surface area contributed by atoms with E-state index >= 15 is 0 Å². The van der Waals surface area contributed by atoms with E-state index in [1.807, 2.05) is 12.1 Å². The molecule has 0 saturated carbocycles. The number of hydrogen-bond acceptors (Lipinski definition) is 1. The van der Waals surface area contributed by atoms with Gasteiger partial charge in [0.2, 0.25) is 0 Å². The van der Waals surface area contributed by atoms with Gasteiger partial charge in [-0.2, -0.15) is 0 Å². The Labute approximate surface area is 88.7 Å². The minimum atomic E-state index is 0.540. The molecule has 0 aliphatic heterocycles. The molecule has 0 unspecified atom stereocenters.